The summed E-state index contributed by atoms with van der Waals surface area (Å²) in [5, 5.41) is 15.7. The van der Waals surface area contributed by atoms with Crippen LogP contribution in [0.4, 0.5) is 0 Å². The molecule has 206 valence electrons. The Morgan fingerprint density at radius 2 is 1.87 bits per heavy atom. The van der Waals surface area contributed by atoms with Gasteiger partial charge in [-0.1, -0.05) is 26.0 Å². The van der Waals surface area contributed by atoms with Crippen LogP contribution in [-0.2, 0) is 9.53 Å². The van der Waals surface area contributed by atoms with E-state index in [2.05, 4.69) is 26.0 Å². The van der Waals surface area contributed by atoms with E-state index in [1.54, 1.807) is 12.1 Å². The molecule has 0 saturated carbocycles. The first-order valence-corrected chi connectivity index (χ1v) is 14.2. The van der Waals surface area contributed by atoms with Gasteiger partial charge in [-0.25, -0.2) is 0 Å². The molecule has 2 aromatic rings. The molecule has 1 amide bonds. The van der Waals surface area contributed by atoms with Crippen molar-refractivity contribution in [3.8, 4) is 17.2 Å². The number of halogens is 1. The quantitative estimate of drug-likeness (QED) is 0.234. The van der Waals surface area contributed by atoms with Crippen molar-refractivity contribution in [2.24, 2.45) is 16.0 Å². The van der Waals surface area contributed by atoms with Gasteiger partial charge in [0.25, 0.3) is 5.91 Å². The van der Waals surface area contributed by atoms with Crippen molar-refractivity contribution in [2.45, 2.75) is 27.7 Å². The topological polar surface area (TPSA) is 106 Å². The van der Waals surface area contributed by atoms with Gasteiger partial charge in [0.1, 0.15) is 24.0 Å². The zero-order valence-corrected chi connectivity index (χ0v) is 24.7. The lowest BCUT2D eigenvalue weighted by molar-refractivity contribution is -0.114. The van der Waals surface area contributed by atoms with Crippen LogP contribution in [-0.4, -0.2) is 60.0 Å². The highest BCUT2D eigenvalue weighted by atomic mass is 79.9. The van der Waals surface area contributed by atoms with E-state index in [-0.39, 0.29) is 17.3 Å². The molecule has 39 heavy (non-hydrogen) atoms. The Labute approximate surface area is 240 Å². The van der Waals surface area contributed by atoms with Crippen LogP contribution < -0.4 is 14.2 Å². The van der Waals surface area contributed by atoms with Gasteiger partial charge < -0.3 is 18.9 Å². The van der Waals surface area contributed by atoms with Gasteiger partial charge in [-0.3, -0.25) is 10.2 Å². The number of hydrogen-bond donors (Lipinski definition) is 1. The summed E-state index contributed by atoms with van der Waals surface area (Å²) in [6.45, 7) is 9.92. The van der Waals surface area contributed by atoms with E-state index in [9.17, 15) is 4.79 Å². The summed E-state index contributed by atoms with van der Waals surface area (Å²) in [6, 6.07) is 11.5. The first-order chi connectivity index (χ1) is 18.8. The molecule has 2 aliphatic heterocycles. The Bertz CT molecular complexity index is 1340. The first kappa shape index (κ1) is 28.8. The highest BCUT2D eigenvalue weighted by Crippen LogP contribution is 2.38. The maximum atomic E-state index is 12.8. The Morgan fingerprint density at radius 3 is 2.59 bits per heavy atom. The summed E-state index contributed by atoms with van der Waals surface area (Å²) in [7, 11) is 0. The number of aliphatic imine (C=N–C) groups is 1. The maximum absolute atomic E-state index is 12.8. The van der Waals surface area contributed by atoms with Crippen LogP contribution in [0.15, 0.2) is 56.5 Å². The van der Waals surface area contributed by atoms with Crippen LogP contribution in [0.25, 0.3) is 6.08 Å². The van der Waals surface area contributed by atoms with Crippen LogP contribution in [0, 0.1) is 18.3 Å². The minimum atomic E-state index is -0.475. The number of hydrogen-bond acceptors (Lipinski definition) is 8. The number of benzene rings is 2. The van der Waals surface area contributed by atoms with E-state index < -0.39 is 5.91 Å². The molecule has 9 nitrogen and oxygen atoms in total. The molecule has 0 atom stereocenters. The lowest BCUT2D eigenvalue weighted by Crippen LogP contribution is -2.35. The first-order valence-electron chi connectivity index (χ1n) is 12.6. The third-order valence-corrected chi connectivity index (χ3v) is 7.36. The molecular weight excluding hydrogens is 584 g/mol. The fourth-order valence-electron chi connectivity index (χ4n) is 3.71. The van der Waals surface area contributed by atoms with Gasteiger partial charge in [-0.15, -0.1) is 0 Å². The molecular formula is C28H31BrN4O5S. The number of amidine groups is 2. The number of nitrogens with zero attached hydrogens (tertiary/aromatic N) is 3. The number of nitrogens with one attached hydrogen (secondary N) is 1. The summed E-state index contributed by atoms with van der Waals surface area (Å²) < 4.78 is 23.8. The second kappa shape index (κ2) is 13.3. The molecule has 4 rings (SSSR count). The molecule has 0 bridgehead atoms. The molecule has 2 heterocycles. The van der Waals surface area contributed by atoms with Gasteiger partial charge in [-0.05, 0) is 83.0 Å². The van der Waals surface area contributed by atoms with Gasteiger partial charge in [0.05, 0.1) is 29.9 Å². The van der Waals surface area contributed by atoms with Crippen LogP contribution in [0.2, 0.25) is 0 Å². The lowest BCUT2D eigenvalue weighted by Gasteiger charge is -2.20. The number of thioether (sulfide) groups is 1. The number of rotatable bonds is 12. The highest BCUT2D eigenvalue weighted by molar-refractivity contribution is 9.10. The molecule has 0 aromatic heterocycles. The number of fused-ring (bicyclic) bond motifs is 1. The van der Waals surface area contributed by atoms with Crippen molar-refractivity contribution >= 4 is 55.7 Å². The summed E-state index contributed by atoms with van der Waals surface area (Å²) in [5.41, 5.74) is 1.96. The van der Waals surface area contributed by atoms with E-state index in [1.807, 2.05) is 58.0 Å². The number of hydrazone groups is 1. The van der Waals surface area contributed by atoms with Crippen molar-refractivity contribution in [3.63, 3.8) is 0 Å². The van der Waals surface area contributed by atoms with Crippen molar-refractivity contribution < 1.29 is 23.7 Å². The van der Waals surface area contributed by atoms with Crippen LogP contribution in [0.3, 0.4) is 0 Å². The molecule has 1 N–H and O–H groups in total. The van der Waals surface area contributed by atoms with E-state index in [4.69, 9.17) is 24.4 Å². The van der Waals surface area contributed by atoms with Crippen LogP contribution in [0.1, 0.15) is 31.9 Å². The molecule has 0 radical (unpaired) electrons. The second-order valence-electron chi connectivity index (χ2n) is 9.00. The predicted octanol–water partition coefficient (Wildman–Crippen LogP) is 5.91. The highest BCUT2D eigenvalue weighted by Gasteiger charge is 2.36. The van der Waals surface area contributed by atoms with Gasteiger partial charge >= 0.3 is 0 Å². The van der Waals surface area contributed by atoms with E-state index in [1.165, 1.54) is 16.8 Å². The van der Waals surface area contributed by atoms with Gasteiger partial charge in [0.2, 0.25) is 5.17 Å². The summed E-state index contributed by atoms with van der Waals surface area (Å²) >= 11 is 4.88. The molecule has 0 aliphatic carbocycles. The molecule has 0 saturated heterocycles. The van der Waals surface area contributed by atoms with Crippen LogP contribution in [0.5, 0.6) is 17.2 Å². The fraction of sp³-hybridized carbons (Fsp3) is 0.357. The predicted molar refractivity (Wildman–Crippen MR) is 158 cm³/mol. The summed E-state index contributed by atoms with van der Waals surface area (Å²) in [4.78, 5) is 16.9. The smallest absolute Gasteiger partial charge is 0.283 e. The van der Waals surface area contributed by atoms with Crippen molar-refractivity contribution in [2.75, 3.05) is 33.0 Å². The lowest BCUT2D eigenvalue weighted by atomic mass is 10.1. The van der Waals surface area contributed by atoms with E-state index in [0.29, 0.717) is 59.7 Å². The third-order valence-electron chi connectivity index (χ3n) is 5.57. The van der Waals surface area contributed by atoms with E-state index in [0.717, 1.165) is 16.4 Å². The number of aryl methyl sites for hydroxylation is 1. The Morgan fingerprint density at radius 1 is 1.10 bits per heavy atom. The Balaban J connectivity index is 1.38. The zero-order chi connectivity index (χ0) is 27.9. The Hall–Kier alpha value is -3.15. The monoisotopic (exact) mass is 614 g/mol. The SMILES string of the molecule is CCOc1cc(/C=C2/C(=N)N3N=C(C(C)C)SC3=NC2=O)cc(Br)c1OCCOCCOc1cccc(C)c1. The molecule has 11 heteroatoms. The minimum Gasteiger partial charge on any atom is -0.491 e. The number of carbonyl (C=O) groups excluding carboxylic acids is 1. The van der Waals surface area contributed by atoms with Crippen LogP contribution >= 0.6 is 27.7 Å². The fourth-order valence-corrected chi connectivity index (χ4v) is 5.18. The Kier molecular flexibility index (Phi) is 9.82. The average molecular weight is 616 g/mol. The summed E-state index contributed by atoms with van der Waals surface area (Å²) in [5.74, 6) is 1.56. The zero-order valence-electron chi connectivity index (χ0n) is 22.3. The third kappa shape index (κ3) is 7.28. The van der Waals surface area contributed by atoms with Crippen molar-refractivity contribution in [1.29, 1.82) is 5.41 Å². The average Bonchev–Trinajstić information content (AvgIpc) is 3.32. The molecule has 0 fully saturated rings. The largest absolute Gasteiger partial charge is 0.491 e. The number of amides is 1. The molecule has 0 unspecified atom stereocenters. The second-order valence-corrected chi connectivity index (χ2v) is 10.8. The molecule has 2 aliphatic rings. The normalized spacial score (nSPS) is 15.9. The molecule has 2 aromatic carbocycles. The standard InChI is InChI=1S/C28H31BrN4O5S/c1-5-36-23-16-19(14-21-25(30)33-28(31-26(21)34)39-27(32-33)17(2)3)15-22(29)24(23)38-12-10-35-9-11-37-20-8-6-7-18(4)13-20/h6-8,13-17,30H,5,9-12H2,1-4H3/b21-14-,30-25?. The number of ether oxygens (including phenoxy) is 4. The van der Waals surface area contributed by atoms with Gasteiger partial charge in [-0.2, -0.15) is 15.1 Å². The van der Waals surface area contributed by atoms with E-state index >= 15 is 0 Å². The van der Waals surface area contributed by atoms with Crippen molar-refractivity contribution in [3.05, 3.63) is 57.6 Å². The maximum Gasteiger partial charge on any atom is 0.283 e. The van der Waals surface area contributed by atoms with Crippen molar-refractivity contribution in [1.82, 2.24) is 5.01 Å². The molecule has 0 spiro atoms. The minimum absolute atomic E-state index is 0.00825. The van der Waals surface area contributed by atoms with Gasteiger partial charge in [0.15, 0.2) is 17.3 Å². The van der Waals surface area contributed by atoms with Gasteiger partial charge in [0, 0.05) is 5.92 Å². The number of carbonyl (C=O) groups is 1. The summed E-state index contributed by atoms with van der Waals surface area (Å²) in [6.07, 6.45) is 1.62.